The zero-order valence-electron chi connectivity index (χ0n) is 20.3. The number of nitrogens with zero attached hydrogens (tertiary/aromatic N) is 1. The summed E-state index contributed by atoms with van der Waals surface area (Å²) in [5.41, 5.74) is 3.15. The second-order valence-corrected chi connectivity index (χ2v) is 10.2. The maximum atomic E-state index is 13.6. The number of ether oxygens (including phenoxy) is 3. The Labute approximate surface area is 204 Å². The van der Waals surface area contributed by atoms with Gasteiger partial charge in [-0.05, 0) is 54.3 Å². The molecular weight excluding hydrogens is 450 g/mol. The molecule has 0 spiro atoms. The average molecular weight is 482 g/mol. The van der Waals surface area contributed by atoms with E-state index in [2.05, 4.69) is 0 Å². The smallest absolute Gasteiger partial charge is 0.315 e. The van der Waals surface area contributed by atoms with Gasteiger partial charge in [0.05, 0.1) is 20.8 Å². The van der Waals surface area contributed by atoms with Gasteiger partial charge in [-0.15, -0.1) is 11.3 Å². The lowest BCUT2D eigenvalue weighted by Crippen LogP contribution is -2.38. The molecule has 4 rings (SSSR count). The van der Waals surface area contributed by atoms with Crippen LogP contribution in [-0.2, 0) is 14.3 Å². The van der Waals surface area contributed by atoms with Gasteiger partial charge in [-0.1, -0.05) is 26.0 Å². The molecule has 0 saturated carbocycles. The lowest BCUT2D eigenvalue weighted by molar-refractivity contribution is -0.147. The van der Waals surface area contributed by atoms with Gasteiger partial charge in [0, 0.05) is 34.2 Å². The number of hydrogen-bond acceptors (Lipinski definition) is 7. The number of methoxy groups -OCH3 is 2. The van der Waals surface area contributed by atoms with Crippen LogP contribution >= 0.6 is 11.3 Å². The van der Waals surface area contributed by atoms with E-state index < -0.39 is 5.92 Å². The van der Waals surface area contributed by atoms with Crippen molar-refractivity contribution in [2.45, 2.75) is 45.4 Å². The molecule has 180 valence electrons. The third-order valence-corrected chi connectivity index (χ3v) is 7.39. The fourth-order valence-electron chi connectivity index (χ4n) is 4.82. The Bertz CT molecular complexity index is 1130. The molecule has 2 aromatic rings. The predicted molar refractivity (Wildman–Crippen MR) is 133 cm³/mol. The molecular formula is C27H31NO5S. The minimum atomic E-state index is -0.585. The normalized spacial score (nSPS) is 22.4. The predicted octanol–water partition coefficient (Wildman–Crippen LogP) is 5.54. The Morgan fingerprint density at radius 1 is 1.15 bits per heavy atom. The highest BCUT2D eigenvalue weighted by molar-refractivity contribution is 7.10. The number of rotatable bonds is 7. The molecule has 0 radical (unpaired) electrons. The number of carbonyl (C=O) groups is 2. The molecule has 3 unspecified atom stereocenters. The van der Waals surface area contributed by atoms with Crippen LogP contribution in [-0.4, -0.2) is 38.3 Å². The van der Waals surface area contributed by atoms with Gasteiger partial charge in [0.2, 0.25) is 0 Å². The summed E-state index contributed by atoms with van der Waals surface area (Å²) in [6.07, 6.45) is 0.988. The van der Waals surface area contributed by atoms with Crippen molar-refractivity contribution in [3.8, 4) is 11.5 Å². The van der Waals surface area contributed by atoms with Crippen molar-refractivity contribution in [1.82, 2.24) is 0 Å². The van der Waals surface area contributed by atoms with Crippen molar-refractivity contribution in [3.05, 3.63) is 57.4 Å². The molecule has 2 aliphatic rings. The number of ketones is 1. The van der Waals surface area contributed by atoms with E-state index in [4.69, 9.17) is 19.2 Å². The Hall–Kier alpha value is -2.93. The minimum Gasteiger partial charge on any atom is -0.493 e. The molecule has 34 heavy (non-hydrogen) atoms. The molecule has 0 saturated heterocycles. The highest BCUT2D eigenvalue weighted by Crippen LogP contribution is 2.48. The zero-order valence-corrected chi connectivity index (χ0v) is 21.1. The van der Waals surface area contributed by atoms with Crippen LogP contribution in [0.15, 0.2) is 52.0 Å². The van der Waals surface area contributed by atoms with E-state index in [1.54, 1.807) is 25.6 Å². The lowest BCUT2D eigenvalue weighted by Gasteiger charge is -2.36. The number of Topliss-reactive ketones (excluding diaryl/α,β-unsaturated/α-hetero) is 1. The summed E-state index contributed by atoms with van der Waals surface area (Å²) in [6.45, 7) is 6.23. The van der Waals surface area contributed by atoms with Gasteiger partial charge in [-0.2, -0.15) is 0 Å². The van der Waals surface area contributed by atoms with Gasteiger partial charge in [-0.25, -0.2) is 0 Å². The van der Waals surface area contributed by atoms with Crippen LogP contribution in [0, 0.1) is 11.8 Å². The van der Waals surface area contributed by atoms with E-state index >= 15 is 0 Å². The van der Waals surface area contributed by atoms with Crippen molar-refractivity contribution in [2.24, 2.45) is 16.8 Å². The van der Waals surface area contributed by atoms with E-state index in [0.29, 0.717) is 42.2 Å². The zero-order chi connectivity index (χ0) is 24.4. The first kappa shape index (κ1) is 24.2. The first-order valence-electron chi connectivity index (χ1n) is 11.6. The van der Waals surface area contributed by atoms with Gasteiger partial charge in [0.15, 0.2) is 17.3 Å². The fraction of sp³-hybridized carbons (Fsp3) is 0.444. The van der Waals surface area contributed by atoms with Crippen molar-refractivity contribution < 1.29 is 23.8 Å². The van der Waals surface area contributed by atoms with Crippen LogP contribution in [0.3, 0.4) is 0 Å². The van der Waals surface area contributed by atoms with Gasteiger partial charge in [-0.3, -0.25) is 14.6 Å². The molecule has 6 nitrogen and oxygen atoms in total. The van der Waals surface area contributed by atoms with E-state index in [9.17, 15) is 9.59 Å². The van der Waals surface area contributed by atoms with E-state index in [0.717, 1.165) is 16.1 Å². The van der Waals surface area contributed by atoms with Gasteiger partial charge in [0.25, 0.3) is 0 Å². The topological polar surface area (TPSA) is 74.2 Å². The fourth-order valence-corrected chi connectivity index (χ4v) is 5.69. The van der Waals surface area contributed by atoms with Crippen molar-refractivity contribution in [1.29, 1.82) is 0 Å². The summed E-state index contributed by atoms with van der Waals surface area (Å²) >= 11 is 1.56. The second-order valence-electron chi connectivity index (χ2n) is 9.25. The summed E-state index contributed by atoms with van der Waals surface area (Å²) in [7, 11) is 3.21. The molecule has 3 atom stereocenters. The average Bonchev–Trinajstić information content (AvgIpc) is 3.35. The standard InChI is InChI=1S/C27H31NO5S/c1-15(2)14-33-27(30)24-16(3)28-19-11-18(17-8-9-21(31-4)22(13-17)32-5)12-20(29)25(19)26(24)23-7-6-10-34-23/h6-10,13,15,18,24,26H,11-12,14H2,1-5H3. The van der Waals surface area contributed by atoms with Crippen molar-refractivity contribution >= 4 is 28.8 Å². The Morgan fingerprint density at radius 2 is 1.91 bits per heavy atom. The summed E-state index contributed by atoms with van der Waals surface area (Å²) in [4.78, 5) is 32.6. The molecule has 1 aliphatic heterocycles. The molecule has 1 aromatic carbocycles. The molecule has 0 amide bonds. The van der Waals surface area contributed by atoms with Crippen LogP contribution in [0.25, 0.3) is 0 Å². The minimum absolute atomic E-state index is 0.0176. The Balaban J connectivity index is 1.71. The molecule has 1 aromatic heterocycles. The maximum Gasteiger partial charge on any atom is 0.315 e. The molecule has 1 aliphatic carbocycles. The third kappa shape index (κ3) is 4.67. The van der Waals surface area contributed by atoms with Gasteiger partial charge < -0.3 is 14.2 Å². The van der Waals surface area contributed by atoms with Crippen LogP contribution in [0.4, 0.5) is 0 Å². The number of hydrogen-bond donors (Lipinski definition) is 0. The summed E-state index contributed by atoms with van der Waals surface area (Å²) < 4.78 is 16.4. The molecule has 0 fully saturated rings. The number of thiophene rings is 1. The van der Waals surface area contributed by atoms with Gasteiger partial charge in [0.1, 0.15) is 5.92 Å². The largest absolute Gasteiger partial charge is 0.493 e. The van der Waals surface area contributed by atoms with Crippen molar-refractivity contribution in [3.63, 3.8) is 0 Å². The first-order valence-corrected chi connectivity index (χ1v) is 12.4. The Kier molecular flexibility index (Phi) is 7.22. The number of esters is 1. The van der Waals surface area contributed by atoms with Crippen LogP contribution in [0.2, 0.25) is 0 Å². The maximum absolute atomic E-state index is 13.6. The monoisotopic (exact) mass is 481 g/mol. The number of carbonyl (C=O) groups excluding carboxylic acids is 2. The van der Waals surface area contributed by atoms with Crippen molar-refractivity contribution in [2.75, 3.05) is 20.8 Å². The molecule has 2 heterocycles. The van der Waals surface area contributed by atoms with E-state index in [-0.39, 0.29) is 29.5 Å². The molecule has 0 N–H and O–H groups in total. The highest BCUT2D eigenvalue weighted by atomic mass is 32.1. The lowest BCUT2D eigenvalue weighted by atomic mass is 9.71. The van der Waals surface area contributed by atoms with E-state index in [1.807, 2.05) is 56.5 Å². The summed E-state index contributed by atoms with van der Waals surface area (Å²) in [5.74, 6) is 0.297. The number of aliphatic imine (C=N–C) groups is 1. The molecule has 7 heteroatoms. The van der Waals surface area contributed by atoms with E-state index in [1.165, 1.54) is 0 Å². The van der Waals surface area contributed by atoms with Gasteiger partial charge >= 0.3 is 5.97 Å². The summed E-state index contributed by atoms with van der Waals surface area (Å²) in [5, 5.41) is 1.98. The number of allylic oxidation sites excluding steroid dienone is 2. The second kappa shape index (κ2) is 10.1. The summed E-state index contributed by atoms with van der Waals surface area (Å²) in [6, 6.07) is 9.73. The van der Waals surface area contributed by atoms with Crippen LogP contribution in [0.5, 0.6) is 11.5 Å². The SMILES string of the molecule is COc1ccc(C2CC(=O)C3=C(C2)N=C(C)C(C(=O)OCC(C)C)C3c2cccs2)cc1OC. The van der Waals surface area contributed by atoms with Crippen LogP contribution in [0.1, 0.15) is 55.9 Å². The van der Waals surface area contributed by atoms with Crippen LogP contribution < -0.4 is 9.47 Å². The number of benzene rings is 1. The quantitative estimate of drug-likeness (QED) is 0.486. The Morgan fingerprint density at radius 3 is 2.56 bits per heavy atom. The first-order chi connectivity index (χ1) is 16.3. The third-order valence-electron chi connectivity index (χ3n) is 6.43. The molecule has 0 bridgehead atoms. The highest BCUT2D eigenvalue weighted by Gasteiger charge is 2.45.